The molecule has 0 spiro atoms. The number of benzene rings is 1. The van der Waals surface area contributed by atoms with Gasteiger partial charge in [0.2, 0.25) is 0 Å². The van der Waals surface area contributed by atoms with Crippen molar-refractivity contribution in [2.24, 2.45) is 5.92 Å². The Hall–Kier alpha value is -0.590. The zero-order chi connectivity index (χ0) is 13.9. The summed E-state index contributed by atoms with van der Waals surface area (Å²) in [4.78, 5) is 0.358. The Morgan fingerprint density at radius 3 is 2.84 bits per heavy atom. The average Bonchev–Trinajstić information content (AvgIpc) is 2.90. The van der Waals surface area contributed by atoms with Crippen LogP contribution in [0.5, 0.6) is 0 Å². The van der Waals surface area contributed by atoms with Crippen LogP contribution in [0.15, 0.2) is 27.6 Å². The molecular formula is C13H18BrNO3S. The van der Waals surface area contributed by atoms with Crippen molar-refractivity contribution in [3.63, 3.8) is 0 Å². The fourth-order valence-electron chi connectivity index (χ4n) is 2.00. The lowest BCUT2D eigenvalue weighted by Crippen LogP contribution is -2.14. The monoisotopic (exact) mass is 347 g/mol. The zero-order valence-electron chi connectivity index (χ0n) is 10.9. The van der Waals surface area contributed by atoms with Crippen molar-refractivity contribution in [2.75, 3.05) is 30.8 Å². The minimum atomic E-state index is -3.15. The molecule has 6 heteroatoms. The molecule has 2 rings (SSSR count). The summed E-state index contributed by atoms with van der Waals surface area (Å²) in [6.07, 6.45) is 1.08. The molecule has 1 aromatic carbocycles. The summed E-state index contributed by atoms with van der Waals surface area (Å²) in [5, 5.41) is 3.33. The summed E-state index contributed by atoms with van der Waals surface area (Å²) >= 11 is 3.42. The second kappa shape index (κ2) is 6.24. The first-order chi connectivity index (χ1) is 9.03. The zero-order valence-corrected chi connectivity index (χ0v) is 13.3. The molecule has 1 fully saturated rings. The van der Waals surface area contributed by atoms with E-state index in [1.807, 2.05) is 6.07 Å². The number of sulfone groups is 1. The van der Waals surface area contributed by atoms with Crippen LogP contribution in [0.1, 0.15) is 13.3 Å². The summed E-state index contributed by atoms with van der Waals surface area (Å²) in [6, 6.07) is 5.12. The molecule has 0 saturated carbocycles. The molecule has 0 bridgehead atoms. The predicted molar refractivity (Wildman–Crippen MR) is 79.3 cm³/mol. The van der Waals surface area contributed by atoms with Gasteiger partial charge < -0.3 is 10.1 Å². The molecule has 0 amide bonds. The van der Waals surface area contributed by atoms with E-state index >= 15 is 0 Å². The number of nitrogens with one attached hydrogen (secondary N) is 1. The molecule has 1 heterocycles. The summed E-state index contributed by atoms with van der Waals surface area (Å²) in [7, 11) is -3.15. The van der Waals surface area contributed by atoms with Gasteiger partial charge in [-0.15, -0.1) is 0 Å². The second-order valence-electron chi connectivity index (χ2n) is 4.66. The van der Waals surface area contributed by atoms with E-state index in [1.165, 1.54) is 0 Å². The summed E-state index contributed by atoms with van der Waals surface area (Å²) in [5.74, 6) is 0.650. The van der Waals surface area contributed by atoms with Crippen LogP contribution in [0.2, 0.25) is 0 Å². The standard InChI is InChI=1S/C13H18BrNO3S/c1-2-19(16,17)11-3-4-13(12(14)7-11)15-8-10-5-6-18-9-10/h3-4,7,10,15H,2,5-6,8-9H2,1H3/t10-/m1/s1. The maximum Gasteiger partial charge on any atom is 0.178 e. The van der Waals surface area contributed by atoms with Crippen LogP contribution in [0.3, 0.4) is 0 Å². The lowest BCUT2D eigenvalue weighted by molar-refractivity contribution is 0.187. The van der Waals surface area contributed by atoms with E-state index in [9.17, 15) is 8.42 Å². The fraction of sp³-hybridized carbons (Fsp3) is 0.538. The van der Waals surface area contributed by atoms with Crippen molar-refractivity contribution < 1.29 is 13.2 Å². The number of anilines is 1. The van der Waals surface area contributed by atoms with Crippen molar-refractivity contribution in [3.05, 3.63) is 22.7 Å². The maximum atomic E-state index is 11.8. The molecule has 1 N–H and O–H groups in total. The van der Waals surface area contributed by atoms with Crippen molar-refractivity contribution in [1.29, 1.82) is 0 Å². The van der Waals surface area contributed by atoms with Crippen LogP contribution in [0, 0.1) is 5.92 Å². The third kappa shape index (κ3) is 3.70. The van der Waals surface area contributed by atoms with Gasteiger partial charge in [0.25, 0.3) is 0 Å². The average molecular weight is 348 g/mol. The number of hydrogen-bond acceptors (Lipinski definition) is 4. The highest BCUT2D eigenvalue weighted by atomic mass is 79.9. The normalized spacial score (nSPS) is 19.6. The highest BCUT2D eigenvalue weighted by Crippen LogP contribution is 2.27. The van der Waals surface area contributed by atoms with Crippen LogP contribution in [-0.2, 0) is 14.6 Å². The van der Waals surface area contributed by atoms with Gasteiger partial charge in [0.15, 0.2) is 9.84 Å². The Labute approximate surface area is 122 Å². The highest BCUT2D eigenvalue weighted by molar-refractivity contribution is 9.10. The van der Waals surface area contributed by atoms with Gasteiger partial charge >= 0.3 is 0 Å². The first kappa shape index (κ1) is 14.8. The molecule has 106 valence electrons. The van der Waals surface area contributed by atoms with Crippen LogP contribution in [-0.4, -0.2) is 33.9 Å². The van der Waals surface area contributed by atoms with Crippen molar-refractivity contribution >= 4 is 31.5 Å². The van der Waals surface area contributed by atoms with E-state index in [-0.39, 0.29) is 5.75 Å². The molecule has 0 radical (unpaired) electrons. The Balaban J connectivity index is 2.06. The van der Waals surface area contributed by atoms with Crippen molar-refractivity contribution in [3.8, 4) is 0 Å². The smallest absolute Gasteiger partial charge is 0.178 e. The molecule has 1 saturated heterocycles. The van der Waals surface area contributed by atoms with E-state index in [0.29, 0.717) is 10.8 Å². The first-order valence-electron chi connectivity index (χ1n) is 6.37. The molecule has 1 aliphatic rings. The van der Waals surface area contributed by atoms with Crippen LogP contribution >= 0.6 is 15.9 Å². The molecule has 0 aliphatic carbocycles. The van der Waals surface area contributed by atoms with Crippen LogP contribution in [0.25, 0.3) is 0 Å². The first-order valence-corrected chi connectivity index (χ1v) is 8.81. The molecular weight excluding hydrogens is 330 g/mol. The third-order valence-corrected chi connectivity index (χ3v) is 5.67. The van der Waals surface area contributed by atoms with E-state index in [4.69, 9.17) is 4.74 Å². The van der Waals surface area contributed by atoms with E-state index < -0.39 is 9.84 Å². The minimum Gasteiger partial charge on any atom is -0.384 e. The van der Waals surface area contributed by atoms with Gasteiger partial charge in [0.1, 0.15) is 0 Å². The molecule has 1 atom stereocenters. The topological polar surface area (TPSA) is 55.4 Å². The molecule has 1 aliphatic heterocycles. The van der Waals surface area contributed by atoms with Gasteiger partial charge in [0, 0.05) is 29.2 Å². The number of hydrogen-bond donors (Lipinski definition) is 1. The number of halogens is 1. The van der Waals surface area contributed by atoms with Crippen molar-refractivity contribution in [2.45, 2.75) is 18.2 Å². The number of rotatable bonds is 5. The largest absolute Gasteiger partial charge is 0.384 e. The quantitative estimate of drug-likeness (QED) is 0.889. The lowest BCUT2D eigenvalue weighted by atomic mass is 10.1. The predicted octanol–water partition coefficient (Wildman–Crippen LogP) is 2.69. The van der Waals surface area contributed by atoms with Crippen LogP contribution < -0.4 is 5.32 Å². The van der Waals surface area contributed by atoms with Gasteiger partial charge in [-0.05, 0) is 40.5 Å². The third-order valence-electron chi connectivity index (χ3n) is 3.28. The molecule has 1 aromatic rings. The van der Waals surface area contributed by atoms with Gasteiger partial charge in [-0.25, -0.2) is 8.42 Å². The van der Waals surface area contributed by atoms with E-state index in [1.54, 1.807) is 19.1 Å². The fourth-order valence-corrected chi connectivity index (χ4v) is 3.57. The highest BCUT2D eigenvalue weighted by Gasteiger charge is 2.16. The summed E-state index contributed by atoms with van der Waals surface area (Å²) in [6.45, 7) is 4.13. The summed E-state index contributed by atoms with van der Waals surface area (Å²) in [5.41, 5.74) is 0.918. The van der Waals surface area contributed by atoms with E-state index in [2.05, 4.69) is 21.2 Å². The molecule has 19 heavy (non-hydrogen) atoms. The van der Waals surface area contributed by atoms with E-state index in [0.717, 1.165) is 36.3 Å². The second-order valence-corrected chi connectivity index (χ2v) is 7.79. The lowest BCUT2D eigenvalue weighted by Gasteiger charge is -2.13. The van der Waals surface area contributed by atoms with Gasteiger partial charge in [-0.1, -0.05) is 6.92 Å². The summed E-state index contributed by atoms with van der Waals surface area (Å²) < 4.78 is 29.6. The molecule has 4 nitrogen and oxygen atoms in total. The van der Waals surface area contributed by atoms with Gasteiger partial charge in [-0.3, -0.25) is 0 Å². The Morgan fingerprint density at radius 2 is 2.26 bits per heavy atom. The Morgan fingerprint density at radius 1 is 1.47 bits per heavy atom. The van der Waals surface area contributed by atoms with Gasteiger partial charge in [-0.2, -0.15) is 0 Å². The number of ether oxygens (including phenoxy) is 1. The Kier molecular flexibility index (Phi) is 4.86. The minimum absolute atomic E-state index is 0.117. The van der Waals surface area contributed by atoms with Gasteiger partial charge in [0.05, 0.1) is 17.3 Å². The Bertz CT molecular complexity index is 539. The van der Waals surface area contributed by atoms with Crippen LogP contribution in [0.4, 0.5) is 5.69 Å². The van der Waals surface area contributed by atoms with Crippen molar-refractivity contribution in [1.82, 2.24) is 0 Å². The SMILES string of the molecule is CCS(=O)(=O)c1ccc(NC[C@H]2CCOC2)c(Br)c1. The molecule has 0 unspecified atom stereocenters. The molecule has 0 aromatic heterocycles. The maximum absolute atomic E-state index is 11.8.